The van der Waals surface area contributed by atoms with Gasteiger partial charge in [0.2, 0.25) is 11.8 Å². The molecule has 0 saturated heterocycles. The number of carbonyl (C=O) groups excluding carboxylic acids is 2. The summed E-state index contributed by atoms with van der Waals surface area (Å²) in [6.45, 7) is -0.0160. The van der Waals surface area contributed by atoms with Gasteiger partial charge in [0.25, 0.3) is 0 Å². The van der Waals surface area contributed by atoms with Crippen molar-refractivity contribution < 1.29 is 22.6 Å². The minimum atomic E-state index is -5.18. The second-order valence-electron chi connectivity index (χ2n) is 7.85. The van der Waals surface area contributed by atoms with E-state index < -0.39 is 33.7 Å². The standard InChI is InChI=1S/C22H28N8O5S/c23-14-16-8-4-9-17(12-16)22(30(27)36(33,34)35,10-5-11-28-21(25)26)20(32)29-18(19(24)31)13-15-6-2-1-3-7-15/h1-4,6-9,12,18H,5,10-11,13,27H2,(H2,24,31)(H,29,32)(H4,25,26,28)(H,33,34,35)/t18-,22+/m0/s1. The Kier molecular flexibility index (Phi) is 9.47. The number of hydrogen-bond donors (Lipinski definition) is 6. The lowest BCUT2D eigenvalue weighted by Crippen LogP contribution is -2.63. The zero-order chi connectivity index (χ0) is 26.9. The van der Waals surface area contributed by atoms with Gasteiger partial charge in [-0.05, 0) is 36.1 Å². The number of hydrazine groups is 1. The molecule has 0 spiro atoms. The predicted octanol–water partition coefficient (Wildman–Crippen LogP) is -1.00. The number of nitrogens with two attached hydrogens (primary N) is 4. The molecule has 0 aliphatic carbocycles. The van der Waals surface area contributed by atoms with Gasteiger partial charge in [-0.3, -0.25) is 25.0 Å². The lowest BCUT2D eigenvalue weighted by molar-refractivity contribution is -0.135. The van der Waals surface area contributed by atoms with Gasteiger partial charge in [-0.15, -0.1) is 0 Å². The summed E-state index contributed by atoms with van der Waals surface area (Å²) in [5, 5.41) is 11.8. The summed E-state index contributed by atoms with van der Waals surface area (Å²) in [6, 6.07) is 14.8. The second-order valence-corrected chi connectivity index (χ2v) is 9.14. The monoisotopic (exact) mass is 516 g/mol. The van der Waals surface area contributed by atoms with Crippen molar-refractivity contribution in [2.75, 3.05) is 6.54 Å². The average Bonchev–Trinajstić information content (AvgIpc) is 2.83. The third-order valence-corrected chi connectivity index (χ3v) is 6.20. The quantitative estimate of drug-likeness (QED) is 0.0505. The number of amides is 2. The lowest BCUT2D eigenvalue weighted by Gasteiger charge is -2.38. The van der Waals surface area contributed by atoms with Crippen molar-refractivity contribution in [1.29, 1.82) is 5.26 Å². The van der Waals surface area contributed by atoms with Crippen LogP contribution in [0.25, 0.3) is 0 Å². The first-order valence-electron chi connectivity index (χ1n) is 10.6. The second kappa shape index (κ2) is 12.1. The van der Waals surface area contributed by atoms with Crippen LogP contribution in [0.2, 0.25) is 0 Å². The fourth-order valence-electron chi connectivity index (χ4n) is 3.66. The van der Waals surface area contributed by atoms with Crippen molar-refractivity contribution in [2.24, 2.45) is 28.0 Å². The fraction of sp³-hybridized carbons (Fsp3) is 0.273. The van der Waals surface area contributed by atoms with Crippen LogP contribution in [-0.4, -0.2) is 47.7 Å². The SMILES string of the molecule is N#Cc1cccc([C@](CCCN=C(N)N)(C(=O)N[C@@H](Cc2ccccc2)C(N)=O)N(N)S(=O)(=O)O)c1. The molecule has 0 aromatic heterocycles. The van der Waals surface area contributed by atoms with Crippen LogP contribution in [0.4, 0.5) is 0 Å². The van der Waals surface area contributed by atoms with Gasteiger partial charge in [0.05, 0.1) is 11.6 Å². The molecule has 0 heterocycles. The molecule has 0 saturated carbocycles. The van der Waals surface area contributed by atoms with E-state index in [1.165, 1.54) is 24.3 Å². The van der Waals surface area contributed by atoms with E-state index in [9.17, 15) is 27.8 Å². The van der Waals surface area contributed by atoms with Gasteiger partial charge in [-0.25, -0.2) is 0 Å². The Morgan fingerprint density at radius 2 is 1.81 bits per heavy atom. The number of primary amides is 1. The Balaban J connectivity index is 2.63. The van der Waals surface area contributed by atoms with Crippen LogP contribution in [0.15, 0.2) is 59.6 Å². The number of nitrogens with zero attached hydrogens (tertiary/aromatic N) is 3. The predicted molar refractivity (Wildman–Crippen MR) is 132 cm³/mol. The smallest absolute Gasteiger partial charge is 0.350 e. The normalized spacial score (nSPS) is 13.7. The summed E-state index contributed by atoms with van der Waals surface area (Å²) in [5.41, 5.74) is 14.6. The Bertz CT molecular complexity index is 1260. The molecule has 10 N–H and O–H groups in total. The van der Waals surface area contributed by atoms with E-state index in [2.05, 4.69) is 10.3 Å². The third kappa shape index (κ3) is 6.99. The largest absolute Gasteiger partial charge is 0.370 e. The molecule has 2 rings (SSSR count). The molecule has 2 aromatic carbocycles. The van der Waals surface area contributed by atoms with E-state index in [1.54, 1.807) is 30.3 Å². The highest BCUT2D eigenvalue weighted by Gasteiger charge is 2.50. The molecule has 2 atom stereocenters. The Morgan fingerprint density at radius 3 is 2.36 bits per heavy atom. The summed E-state index contributed by atoms with van der Waals surface area (Å²) in [5.74, 6) is 3.68. The van der Waals surface area contributed by atoms with Crippen molar-refractivity contribution in [3.8, 4) is 6.07 Å². The number of benzene rings is 2. The number of aliphatic imine (C=N–C) groups is 1. The minimum Gasteiger partial charge on any atom is -0.370 e. The van der Waals surface area contributed by atoms with Crippen LogP contribution in [0.3, 0.4) is 0 Å². The first-order chi connectivity index (χ1) is 16.9. The number of rotatable bonds is 12. The maximum atomic E-state index is 13.8. The maximum absolute atomic E-state index is 13.8. The highest BCUT2D eigenvalue weighted by Crippen LogP contribution is 2.34. The Hall–Kier alpha value is -4.03. The molecular formula is C22H28N8O5S. The fourth-order valence-corrected chi connectivity index (χ4v) is 4.34. The molecule has 0 unspecified atom stereocenters. The summed E-state index contributed by atoms with van der Waals surface area (Å²) in [7, 11) is -5.18. The highest BCUT2D eigenvalue weighted by molar-refractivity contribution is 7.83. The van der Waals surface area contributed by atoms with Gasteiger partial charge in [0.15, 0.2) is 11.5 Å². The van der Waals surface area contributed by atoms with Crippen LogP contribution < -0.4 is 28.4 Å². The van der Waals surface area contributed by atoms with Crippen LogP contribution in [0.1, 0.15) is 29.5 Å². The van der Waals surface area contributed by atoms with Gasteiger partial charge >= 0.3 is 10.3 Å². The van der Waals surface area contributed by atoms with Crippen molar-refractivity contribution in [3.05, 3.63) is 71.3 Å². The average molecular weight is 517 g/mol. The van der Waals surface area contributed by atoms with Gasteiger partial charge in [-0.1, -0.05) is 46.9 Å². The summed E-state index contributed by atoms with van der Waals surface area (Å²) in [4.78, 5) is 29.8. The van der Waals surface area contributed by atoms with Gasteiger partial charge in [0, 0.05) is 13.0 Å². The lowest BCUT2D eigenvalue weighted by atomic mass is 9.83. The number of guanidine groups is 1. The molecule has 0 aliphatic heterocycles. The number of carbonyl (C=O) groups is 2. The van der Waals surface area contributed by atoms with Crippen LogP contribution >= 0.6 is 0 Å². The van der Waals surface area contributed by atoms with Crippen molar-refractivity contribution >= 4 is 28.1 Å². The van der Waals surface area contributed by atoms with Gasteiger partial charge in [0.1, 0.15) is 6.04 Å². The zero-order valence-corrected chi connectivity index (χ0v) is 20.1. The third-order valence-electron chi connectivity index (χ3n) is 5.39. The molecule has 2 aromatic rings. The molecule has 14 heteroatoms. The van der Waals surface area contributed by atoms with E-state index >= 15 is 0 Å². The molecule has 0 aliphatic rings. The van der Waals surface area contributed by atoms with E-state index in [-0.39, 0.29) is 47.3 Å². The van der Waals surface area contributed by atoms with E-state index in [0.717, 1.165) is 0 Å². The van der Waals surface area contributed by atoms with Crippen molar-refractivity contribution in [1.82, 2.24) is 9.73 Å². The molecular weight excluding hydrogens is 488 g/mol. The molecule has 192 valence electrons. The van der Waals surface area contributed by atoms with Crippen LogP contribution in [-0.2, 0) is 31.9 Å². The summed E-state index contributed by atoms with van der Waals surface area (Å²) in [6.07, 6.45) is -0.316. The van der Waals surface area contributed by atoms with Crippen molar-refractivity contribution in [3.63, 3.8) is 0 Å². The van der Waals surface area contributed by atoms with Gasteiger partial charge < -0.3 is 22.5 Å². The van der Waals surface area contributed by atoms with E-state index in [0.29, 0.717) is 5.56 Å². The molecule has 36 heavy (non-hydrogen) atoms. The molecule has 2 amide bonds. The topological polar surface area (TPSA) is 244 Å². The minimum absolute atomic E-state index is 0.000670. The van der Waals surface area contributed by atoms with E-state index in [4.69, 9.17) is 23.0 Å². The highest BCUT2D eigenvalue weighted by atomic mass is 32.2. The Morgan fingerprint density at radius 1 is 1.14 bits per heavy atom. The summed E-state index contributed by atoms with van der Waals surface area (Å²) < 4.78 is 34.3. The van der Waals surface area contributed by atoms with Gasteiger partial charge in [-0.2, -0.15) is 13.7 Å². The molecule has 0 radical (unpaired) electrons. The van der Waals surface area contributed by atoms with Crippen LogP contribution in [0, 0.1) is 11.3 Å². The zero-order valence-electron chi connectivity index (χ0n) is 19.2. The number of hydrogen-bond acceptors (Lipinski definition) is 7. The molecule has 0 bridgehead atoms. The number of nitriles is 1. The first-order valence-corrected chi connectivity index (χ1v) is 12.0. The molecule has 13 nitrogen and oxygen atoms in total. The summed E-state index contributed by atoms with van der Waals surface area (Å²) >= 11 is 0. The number of nitrogens with one attached hydrogen (secondary N) is 1. The van der Waals surface area contributed by atoms with Crippen LogP contribution in [0.5, 0.6) is 0 Å². The molecule has 0 fully saturated rings. The van der Waals surface area contributed by atoms with Crippen molar-refractivity contribution in [2.45, 2.75) is 30.8 Å². The maximum Gasteiger partial charge on any atom is 0.350 e. The van der Waals surface area contributed by atoms with E-state index in [1.807, 2.05) is 6.07 Å². The first kappa shape index (κ1) is 28.2. The Labute approximate surface area is 208 Å².